The van der Waals surface area contributed by atoms with Gasteiger partial charge in [0.05, 0.1) is 0 Å². The Hall–Kier alpha value is -1.78. The van der Waals surface area contributed by atoms with Gasteiger partial charge in [0.15, 0.2) is 5.57 Å². The van der Waals surface area contributed by atoms with E-state index in [-0.39, 0.29) is 0 Å². The molecule has 0 aliphatic rings. The molecule has 0 rings (SSSR count). The van der Waals surface area contributed by atoms with Crippen molar-refractivity contribution in [3.63, 3.8) is 0 Å². The Balaban J connectivity index is 6.03. The third-order valence-corrected chi connectivity index (χ3v) is 3.11. The van der Waals surface area contributed by atoms with E-state index in [0.29, 0.717) is 6.92 Å². The Kier molecular flexibility index (Phi) is 6.71. The van der Waals surface area contributed by atoms with Gasteiger partial charge in [0.25, 0.3) is 0 Å². The van der Waals surface area contributed by atoms with Crippen molar-refractivity contribution in [2.75, 3.05) is 0 Å². The smallest absolute Gasteiger partial charge is 0.456 e. The number of hydrogen-bond acceptors (Lipinski definition) is 7. The molecule has 0 aromatic rings. The van der Waals surface area contributed by atoms with Crippen molar-refractivity contribution in [3.05, 3.63) is 11.3 Å². The number of esters is 2. The van der Waals surface area contributed by atoms with Gasteiger partial charge >= 0.3 is 27.6 Å². The van der Waals surface area contributed by atoms with Crippen LogP contribution in [-0.4, -0.2) is 37.1 Å². The van der Waals surface area contributed by atoms with Gasteiger partial charge in [-0.15, -0.1) is 0 Å². The molecule has 0 saturated heterocycles. The van der Waals surface area contributed by atoms with Crippen LogP contribution in [0.15, 0.2) is 11.3 Å². The van der Waals surface area contributed by atoms with Crippen molar-refractivity contribution in [2.24, 2.45) is 0 Å². The molecule has 0 N–H and O–H groups in total. The first kappa shape index (κ1) is 23.2. The molecule has 0 aromatic carbocycles. The molecule has 0 saturated carbocycles. The summed E-state index contributed by atoms with van der Waals surface area (Å²) in [6.45, 7) is 9.38. The highest BCUT2D eigenvalue weighted by Gasteiger charge is 2.49. The zero-order valence-electron chi connectivity index (χ0n) is 14.9. The SMILES string of the molecule is CC(OS(=O)(=O)C(F)(F)F)=C(C(=O)OC(C)(C)C)C(=O)OC(C)(C)C. The second-order valence-corrected chi connectivity index (χ2v) is 8.46. The van der Waals surface area contributed by atoms with Gasteiger partial charge in [-0.1, -0.05) is 0 Å². The average molecular weight is 390 g/mol. The molecule has 0 atom stereocenters. The fraction of sp³-hybridized carbons (Fsp3) is 0.714. The van der Waals surface area contributed by atoms with E-state index >= 15 is 0 Å². The summed E-state index contributed by atoms with van der Waals surface area (Å²) in [7, 11) is -6.07. The maximum absolute atomic E-state index is 12.4. The Bertz CT molecular complexity index is 632. The molecule has 0 bridgehead atoms. The summed E-state index contributed by atoms with van der Waals surface area (Å²) in [6, 6.07) is 0. The largest absolute Gasteiger partial charge is 0.534 e. The molecule has 25 heavy (non-hydrogen) atoms. The third-order valence-electron chi connectivity index (χ3n) is 2.08. The normalized spacial score (nSPS) is 13.0. The monoisotopic (exact) mass is 390 g/mol. The number of alkyl halides is 3. The molecule has 146 valence electrons. The lowest BCUT2D eigenvalue weighted by molar-refractivity contribution is -0.158. The molecule has 0 aromatic heterocycles. The standard InChI is InChI=1S/C14H21F3O7S/c1-8(24-25(20,21)14(15,16)17)9(10(18)22-12(2,3)4)11(19)23-13(5,6)7/h1-7H3. The minimum absolute atomic E-state index is 0.715. The van der Waals surface area contributed by atoms with Crippen LogP contribution in [0.2, 0.25) is 0 Å². The van der Waals surface area contributed by atoms with E-state index in [2.05, 4.69) is 4.18 Å². The summed E-state index contributed by atoms with van der Waals surface area (Å²) >= 11 is 0. The second-order valence-electron chi connectivity index (χ2n) is 6.92. The summed E-state index contributed by atoms with van der Waals surface area (Å²) in [4.78, 5) is 24.3. The summed E-state index contributed by atoms with van der Waals surface area (Å²) in [6.07, 6.45) is 0. The van der Waals surface area contributed by atoms with Crippen LogP contribution in [0.5, 0.6) is 0 Å². The predicted molar refractivity (Wildman–Crippen MR) is 80.4 cm³/mol. The Morgan fingerprint density at radius 3 is 1.36 bits per heavy atom. The van der Waals surface area contributed by atoms with Crippen molar-refractivity contribution in [1.29, 1.82) is 0 Å². The summed E-state index contributed by atoms with van der Waals surface area (Å²) < 4.78 is 73.2. The molecule has 0 heterocycles. The van der Waals surface area contributed by atoms with Gasteiger partial charge in [-0.2, -0.15) is 21.6 Å². The Labute approximate surface area is 144 Å². The molecule has 0 amide bonds. The molecule has 0 fully saturated rings. The highest BCUT2D eigenvalue weighted by atomic mass is 32.2. The topological polar surface area (TPSA) is 96.0 Å². The van der Waals surface area contributed by atoms with Crippen LogP contribution >= 0.6 is 0 Å². The first-order chi connectivity index (χ1) is 10.8. The van der Waals surface area contributed by atoms with E-state index in [1.54, 1.807) is 0 Å². The van der Waals surface area contributed by atoms with Gasteiger partial charge < -0.3 is 13.7 Å². The lowest BCUT2D eigenvalue weighted by atomic mass is 10.1. The van der Waals surface area contributed by atoms with Crippen LogP contribution < -0.4 is 0 Å². The van der Waals surface area contributed by atoms with Crippen molar-refractivity contribution in [3.8, 4) is 0 Å². The molecule has 7 nitrogen and oxygen atoms in total. The van der Waals surface area contributed by atoms with Crippen LogP contribution in [0.25, 0.3) is 0 Å². The van der Waals surface area contributed by atoms with Crippen molar-refractivity contribution in [2.45, 2.75) is 65.2 Å². The van der Waals surface area contributed by atoms with E-state index in [4.69, 9.17) is 9.47 Å². The number of carbonyl (C=O) groups excluding carboxylic acids is 2. The molecule has 11 heteroatoms. The first-order valence-corrected chi connectivity index (χ1v) is 8.36. The Morgan fingerprint density at radius 2 is 1.12 bits per heavy atom. The van der Waals surface area contributed by atoms with Gasteiger partial charge in [0, 0.05) is 0 Å². The van der Waals surface area contributed by atoms with Crippen LogP contribution in [-0.2, 0) is 33.4 Å². The number of halogens is 3. The second kappa shape index (κ2) is 7.22. The molecular weight excluding hydrogens is 369 g/mol. The van der Waals surface area contributed by atoms with Crippen molar-refractivity contribution in [1.82, 2.24) is 0 Å². The van der Waals surface area contributed by atoms with Crippen molar-refractivity contribution >= 4 is 22.1 Å². The number of carbonyl (C=O) groups is 2. The van der Waals surface area contributed by atoms with Gasteiger partial charge in [-0.05, 0) is 48.5 Å². The van der Waals surface area contributed by atoms with Crippen molar-refractivity contribution < 1.29 is 44.8 Å². The highest BCUT2D eigenvalue weighted by molar-refractivity contribution is 7.87. The summed E-state index contributed by atoms with van der Waals surface area (Å²) in [5.74, 6) is -3.87. The molecular formula is C14H21F3O7S. The fourth-order valence-corrected chi connectivity index (χ4v) is 1.79. The average Bonchev–Trinajstić information content (AvgIpc) is 2.20. The van der Waals surface area contributed by atoms with Gasteiger partial charge in [-0.3, -0.25) is 0 Å². The zero-order valence-corrected chi connectivity index (χ0v) is 15.7. The van der Waals surface area contributed by atoms with E-state index < -0.39 is 50.1 Å². The molecule has 0 aliphatic heterocycles. The van der Waals surface area contributed by atoms with Gasteiger partial charge in [0.1, 0.15) is 17.0 Å². The third kappa shape index (κ3) is 7.76. The van der Waals surface area contributed by atoms with Crippen LogP contribution in [0.4, 0.5) is 13.2 Å². The summed E-state index contributed by atoms with van der Waals surface area (Å²) in [5.41, 5.74) is -9.03. The van der Waals surface area contributed by atoms with Gasteiger partial charge in [-0.25, -0.2) is 9.59 Å². The predicted octanol–water partition coefficient (Wildman–Crippen LogP) is 2.81. The molecule has 0 aliphatic carbocycles. The quantitative estimate of drug-likeness (QED) is 0.138. The highest BCUT2D eigenvalue weighted by Crippen LogP contribution is 2.28. The maximum Gasteiger partial charge on any atom is 0.534 e. The van der Waals surface area contributed by atoms with Gasteiger partial charge in [0.2, 0.25) is 0 Å². The van der Waals surface area contributed by atoms with E-state index in [9.17, 15) is 31.2 Å². The molecule has 0 radical (unpaired) electrons. The van der Waals surface area contributed by atoms with E-state index in [1.807, 2.05) is 0 Å². The molecule has 0 unspecified atom stereocenters. The minimum Gasteiger partial charge on any atom is -0.456 e. The number of rotatable bonds is 4. The van der Waals surface area contributed by atoms with Crippen LogP contribution in [0, 0.1) is 0 Å². The Morgan fingerprint density at radius 1 is 0.800 bits per heavy atom. The minimum atomic E-state index is -6.07. The molecule has 0 spiro atoms. The lowest BCUT2D eigenvalue weighted by Gasteiger charge is -2.23. The fourth-order valence-electron chi connectivity index (χ4n) is 1.28. The number of ether oxygens (including phenoxy) is 2. The number of hydrogen-bond donors (Lipinski definition) is 0. The van der Waals surface area contributed by atoms with E-state index in [0.717, 1.165) is 0 Å². The number of allylic oxidation sites excluding steroid dienone is 1. The zero-order chi connectivity index (χ0) is 20.4. The lowest BCUT2D eigenvalue weighted by Crippen LogP contribution is -2.33. The van der Waals surface area contributed by atoms with Crippen LogP contribution in [0.3, 0.4) is 0 Å². The van der Waals surface area contributed by atoms with Crippen LogP contribution in [0.1, 0.15) is 48.5 Å². The summed E-state index contributed by atoms with van der Waals surface area (Å²) in [5, 5.41) is 0. The van der Waals surface area contributed by atoms with E-state index in [1.165, 1.54) is 41.5 Å². The maximum atomic E-state index is 12.4. The first-order valence-electron chi connectivity index (χ1n) is 6.95.